The highest BCUT2D eigenvalue weighted by molar-refractivity contribution is 14.0. The first-order chi connectivity index (χ1) is 10.6. The van der Waals surface area contributed by atoms with Crippen molar-refractivity contribution >= 4 is 63.1 Å². The van der Waals surface area contributed by atoms with Gasteiger partial charge in [-0.15, -0.1) is 35.3 Å². The molecule has 2 rings (SSSR count). The molecule has 23 heavy (non-hydrogen) atoms. The SMILES string of the molecule is CN=C(NCCS(=O)(=O)N1CCSCC1)NCc1cccs1.I. The van der Waals surface area contributed by atoms with Gasteiger partial charge in [0.1, 0.15) is 0 Å². The number of nitrogens with one attached hydrogen (secondary N) is 2. The molecule has 1 aromatic heterocycles. The quantitative estimate of drug-likeness (QED) is 0.359. The second-order valence-electron chi connectivity index (χ2n) is 4.76. The van der Waals surface area contributed by atoms with E-state index in [-0.39, 0.29) is 29.7 Å². The highest BCUT2D eigenvalue weighted by atomic mass is 127. The van der Waals surface area contributed by atoms with E-state index in [9.17, 15) is 8.42 Å². The molecule has 1 aromatic rings. The molecule has 0 aromatic carbocycles. The summed E-state index contributed by atoms with van der Waals surface area (Å²) in [5.41, 5.74) is 0. The van der Waals surface area contributed by atoms with E-state index in [0.29, 0.717) is 32.1 Å². The van der Waals surface area contributed by atoms with Gasteiger partial charge in [-0.25, -0.2) is 12.7 Å². The number of hydrogen-bond donors (Lipinski definition) is 2. The summed E-state index contributed by atoms with van der Waals surface area (Å²) in [5, 5.41) is 8.26. The highest BCUT2D eigenvalue weighted by Gasteiger charge is 2.23. The molecular weight excluding hydrogens is 467 g/mol. The summed E-state index contributed by atoms with van der Waals surface area (Å²) in [7, 11) is -1.49. The maximum atomic E-state index is 12.2. The summed E-state index contributed by atoms with van der Waals surface area (Å²) < 4.78 is 26.0. The number of nitrogens with zero attached hydrogens (tertiary/aromatic N) is 2. The summed E-state index contributed by atoms with van der Waals surface area (Å²) >= 11 is 3.47. The van der Waals surface area contributed by atoms with E-state index in [2.05, 4.69) is 15.6 Å². The molecule has 132 valence electrons. The van der Waals surface area contributed by atoms with Crippen molar-refractivity contribution in [2.24, 2.45) is 4.99 Å². The largest absolute Gasteiger partial charge is 0.355 e. The number of halogens is 1. The Bertz CT molecular complexity index is 572. The predicted octanol–water partition coefficient (Wildman–Crippen LogP) is 1.41. The Balaban J connectivity index is 0.00000264. The number of aliphatic imine (C=N–C) groups is 1. The third-order valence-corrected chi connectivity index (χ3v) is 6.94. The lowest BCUT2D eigenvalue weighted by Crippen LogP contribution is -2.44. The summed E-state index contributed by atoms with van der Waals surface area (Å²) in [6, 6.07) is 4.05. The fraction of sp³-hybridized carbons (Fsp3) is 0.615. The lowest BCUT2D eigenvalue weighted by atomic mass is 10.5. The molecule has 0 amide bonds. The Kier molecular flexibility index (Phi) is 9.82. The van der Waals surface area contributed by atoms with Gasteiger partial charge in [-0.1, -0.05) is 6.07 Å². The van der Waals surface area contributed by atoms with E-state index in [1.807, 2.05) is 17.5 Å². The van der Waals surface area contributed by atoms with Crippen molar-refractivity contribution in [2.45, 2.75) is 6.54 Å². The van der Waals surface area contributed by atoms with Crippen molar-refractivity contribution in [3.05, 3.63) is 22.4 Å². The minimum Gasteiger partial charge on any atom is -0.355 e. The van der Waals surface area contributed by atoms with E-state index in [1.54, 1.807) is 34.5 Å². The number of guanidine groups is 1. The monoisotopic (exact) mass is 490 g/mol. The van der Waals surface area contributed by atoms with Crippen molar-refractivity contribution in [1.82, 2.24) is 14.9 Å². The van der Waals surface area contributed by atoms with Gasteiger partial charge in [0.05, 0.1) is 12.3 Å². The summed E-state index contributed by atoms with van der Waals surface area (Å²) in [6.07, 6.45) is 0. The maximum Gasteiger partial charge on any atom is 0.215 e. The van der Waals surface area contributed by atoms with Crippen LogP contribution in [0.15, 0.2) is 22.5 Å². The van der Waals surface area contributed by atoms with Crippen molar-refractivity contribution in [1.29, 1.82) is 0 Å². The first kappa shape index (κ1) is 21.0. The van der Waals surface area contributed by atoms with Crippen LogP contribution in [-0.2, 0) is 16.6 Å². The summed E-state index contributed by atoms with van der Waals surface area (Å²) in [4.78, 5) is 5.32. The fourth-order valence-corrected chi connectivity index (χ4v) is 5.19. The normalized spacial score (nSPS) is 16.7. The molecule has 0 radical (unpaired) electrons. The van der Waals surface area contributed by atoms with Crippen LogP contribution in [0.5, 0.6) is 0 Å². The zero-order chi connectivity index (χ0) is 15.8. The molecule has 10 heteroatoms. The first-order valence-electron chi connectivity index (χ1n) is 7.14. The molecule has 2 heterocycles. The Morgan fingerprint density at radius 3 is 2.70 bits per heavy atom. The van der Waals surface area contributed by atoms with Crippen LogP contribution in [0.1, 0.15) is 4.88 Å². The van der Waals surface area contributed by atoms with Gasteiger partial charge < -0.3 is 10.6 Å². The predicted molar refractivity (Wildman–Crippen MR) is 111 cm³/mol. The molecule has 0 aliphatic carbocycles. The third kappa shape index (κ3) is 7.16. The van der Waals surface area contributed by atoms with Gasteiger partial charge in [0.25, 0.3) is 0 Å². The minimum absolute atomic E-state index is 0. The van der Waals surface area contributed by atoms with Gasteiger partial charge in [-0.2, -0.15) is 11.8 Å². The second-order valence-corrected chi connectivity index (χ2v) is 9.10. The summed E-state index contributed by atoms with van der Waals surface area (Å²) in [6.45, 7) is 2.29. The zero-order valence-electron chi connectivity index (χ0n) is 13.0. The van der Waals surface area contributed by atoms with E-state index >= 15 is 0 Å². The van der Waals surface area contributed by atoms with Gasteiger partial charge >= 0.3 is 0 Å². The first-order valence-corrected chi connectivity index (χ1v) is 10.8. The van der Waals surface area contributed by atoms with E-state index in [4.69, 9.17) is 0 Å². The molecule has 0 atom stereocenters. The number of sulfonamides is 1. The number of rotatable bonds is 6. The average Bonchev–Trinajstić information content (AvgIpc) is 3.05. The molecular formula is C13H23IN4O2S3. The molecule has 0 spiro atoms. The van der Waals surface area contributed by atoms with Crippen LogP contribution < -0.4 is 10.6 Å². The Morgan fingerprint density at radius 2 is 2.09 bits per heavy atom. The average molecular weight is 490 g/mol. The van der Waals surface area contributed by atoms with Crippen molar-refractivity contribution in [2.75, 3.05) is 43.9 Å². The van der Waals surface area contributed by atoms with Crippen LogP contribution in [-0.4, -0.2) is 62.6 Å². The molecule has 1 aliphatic rings. The van der Waals surface area contributed by atoms with E-state index in [0.717, 1.165) is 11.5 Å². The standard InChI is InChI=1S/C13H22N4O2S3.HI/c1-14-13(16-11-12-3-2-7-21-12)15-4-10-22(18,19)17-5-8-20-9-6-17;/h2-3,7H,4-6,8-11H2,1H3,(H2,14,15,16);1H. The second kappa shape index (κ2) is 10.7. The number of hydrogen-bond acceptors (Lipinski definition) is 5. The van der Waals surface area contributed by atoms with Crippen molar-refractivity contribution < 1.29 is 8.42 Å². The minimum atomic E-state index is -3.17. The molecule has 0 bridgehead atoms. The van der Waals surface area contributed by atoms with Gasteiger partial charge in [0, 0.05) is 43.1 Å². The third-order valence-electron chi connectivity index (χ3n) is 3.25. The molecule has 1 fully saturated rings. The Hall–Kier alpha value is -0.0400. The lowest BCUT2D eigenvalue weighted by molar-refractivity contribution is 0.443. The number of thiophene rings is 1. The van der Waals surface area contributed by atoms with Crippen LogP contribution in [0.25, 0.3) is 0 Å². The van der Waals surface area contributed by atoms with Crippen LogP contribution in [0.4, 0.5) is 0 Å². The number of thioether (sulfide) groups is 1. The molecule has 2 N–H and O–H groups in total. The molecule has 0 unspecified atom stereocenters. The fourth-order valence-electron chi connectivity index (χ4n) is 2.06. The van der Waals surface area contributed by atoms with Crippen LogP contribution in [0.3, 0.4) is 0 Å². The van der Waals surface area contributed by atoms with Crippen LogP contribution in [0, 0.1) is 0 Å². The summed E-state index contributed by atoms with van der Waals surface area (Å²) in [5.74, 6) is 2.49. The van der Waals surface area contributed by atoms with Crippen LogP contribution >= 0.6 is 47.1 Å². The van der Waals surface area contributed by atoms with Crippen molar-refractivity contribution in [3.63, 3.8) is 0 Å². The molecule has 0 saturated carbocycles. The molecule has 1 saturated heterocycles. The molecule has 6 nitrogen and oxygen atoms in total. The lowest BCUT2D eigenvalue weighted by Gasteiger charge is -2.25. The Labute approximate surface area is 163 Å². The smallest absolute Gasteiger partial charge is 0.215 e. The van der Waals surface area contributed by atoms with Gasteiger partial charge in [-0.3, -0.25) is 4.99 Å². The van der Waals surface area contributed by atoms with Gasteiger partial charge in [0.2, 0.25) is 10.0 Å². The topological polar surface area (TPSA) is 73.8 Å². The van der Waals surface area contributed by atoms with Gasteiger partial charge in [0.15, 0.2) is 5.96 Å². The highest BCUT2D eigenvalue weighted by Crippen LogP contribution is 2.13. The van der Waals surface area contributed by atoms with E-state index < -0.39 is 10.0 Å². The van der Waals surface area contributed by atoms with Crippen LogP contribution in [0.2, 0.25) is 0 Å². The Morgan fingerprint density at radius 1 is 1.35 bits per heavy atom. The van der Waals surface area contributed by atoms with E-state index in [1.165, 1.54) is 4.88 Å². The zero-order valence-corrected chi connectivity index (χ0v) is 17.8. The van der Waals surface area contributed by atoms with Crippen molar-refractivity contribution in [3.8, 4) is 0 Å². The van der Waals surface area contributed by atoms with Gasteiger partial charge in [-0.05, 0) is 11.4 Å². The molecule has 1 aliphatic heterocycles. The maximum absolute atomic E-state index is 12.2.